The van der Waals surface area contributed by atoms with Gasteiger partial charge >= 0.3 is 0 Å². The molecule has 25 heavy (non-hydrogen) atoms. The van der Waals surface area contributed by atoms with E-state index in [0.717, 1.165) is 11.1 Å². The van der Waals surface area contributed by atoms with E-state index in [1.54, 1.807) is 48.8 Å². The third kappa shape index (κ3) is 4.30. The van der Waals surface area contributed by atoms with E-state index in [4.69, 9.17) is 0 Å². The first-order valence-electron chi connectivity index (χ1n) is 7.48. The Kier molecular flexibility index (Phi) is 6.03. The molecular formula is C19H18N2O3S. The number of rotatable bonds is 7. The summed E-state index contributed by atoms with van der Waals surface area (Å²) in [6, 6.07) is 8.35. The molecule has 0 aliphatic carbocycles. The van der Waals surface area contributed by atoms with Gasteiger partial charge in [0.25, 0.3) is 0 Å². The van der Waals surface area contributed by atoms with Crippen molar-refractivity contribution in [3.63, 3.8) is 0 Å². The van der Waals surface area contributed by atoms with Gasteiger partial charge in [-0.15, -0.1) is 0 Å². The molecule has 2 aromatic rings. The minimum absolute atomic E-state index is 0.0117. The van der Waals surface area contributed by atoms with Crippen LogP contribution in [0.3, 0.4) is 0 Å². The number of allylic oxidation sites excluding steroid dienone is 4. The van der Waals surface area contributed by atoms with E-state index in [-0.39, 0.29) is 15.5 Å². The molecule has 1 heterocycles. The maximum Gasteiger partial charge on any atom is 0.211 e. The number of nitrogens with zero attached hydrogens (tertiary/aromatic N) is 1. The van der Waals surface area contributed by atoms with Crippen molar-refractivity contribution in [2.75, 3.05) is 5.32 Å². The second kappa shape index (κ2) is 8.21. The second-order valence-electron chi connectivity index (χ2n) is 5.07. The third-order valence-electron chi connectivity index (χ3n) is 3.41. The van der Waals surface area contributed by atoms with Crippen LogP contribution in [-0.4, -0.2) is 19.8 Å². The Morgan fingerprint density at radius 2 is 2.00 bits per heavy atom. The van der Waals surface area contributed by atoms with Crippen molar-refractivity contribution >= 4 is 21.9 Å². The molecular weight excluding hydrogens is 336 g/mol. The Hall–Kier alpha value is -2.99. The Bertz CT molecular complexity index is 930. The summed E-state index contributed by atoms with van der Waals surface area (Å²) in [7, 11) is -3.82. The molecule has 0 saturated heterocycles. The van der Waals surface area contributed by atoms with E-state index < -0.39 is 9.84 Å². The summed E-state index contributed by atoms with van der Waals surface area (Å²) >= 11 is 0. The first-order chi connectivity index (χ1) is 12.0. The van der Waals surface area contributed by atoms with Gasteiger partial charge in [-0.05, 0) is 36.8 Å². The molecule has 0 radical (unpaired) electrons. The number of anilines is 1. The van der Waals surface area contributed by atoms with Crippen molar-refractivity contribution in [3.05, 3.63) is 78.5 Å². The van der Waals surface area contributed by atoms with E-state index in [9.17, 15) is 13.2 Å². The number of hydrogen-bond donors (Lipinski definition) is 1. The van der Waals surface area contributed by atoms with E-state index in [0.29, 0.717) is 6.41 Å². The smallest absolute Gasteiger partial charge is 0.211 e. The molecule has 0 aliphatic rings. The highest BCUT2D eigenvalue weighted by molar-refractivity contribution is 7.95. The van der Waals surface area contributed by atoms with Crippen molar-refractivity contribution < 1.29 is 13.2 Å². The lowest BCUT2D eigenvalue weighted by atomic mass is 10.1. The average Bonchev–Trinajstić information content (AvgIpc) is 2.62. The van der Waals surface area contributed by atoms with Crippen molar-refractivity contribution in [2.24, 2.45) is 0 Å². The van der Waals surface area contributed by atoms with Gasteiger partial charge in [0, 0.05) is 18.0 Å². The van der Waals surface area contributed by atoms with Gasteiger partial charge in [0.2, 0.25) is 16.2 Å². The summed E-state index contributed by atoms with van der Waals surface area (Å²) in [6.45, 7) is 5.45. The van der Waals surface area contributed by atoms with E-state index in [2.05, 4.69) is 16.9 Å². The van der Waals surface area contributed by atoms with Crippen LogP contribution < -0.4 is 5.32 Å². The fraction of sp³-hybridized carbons (Fsp3) is 0.0526. The fourth-order valence-corrected chi connectivity index (χ4v) is 3.35. The van der Waals surface area contributed by atoms with E-state index in [1.165, 1.54) is 12.1 Å². The lowest BCUT2D eigenvalue weighted by Crippen LogP contribution is -2.07. The lowest BCUT2D eigenvalue weighted by Gasteiger charge is -2.12. The van der Waals surface area contributed by atoms with Crippen LogP contribution in [0.25, 0.3) is 11.1 Å². The number of carbonyl (C=O) groups excluding carboxylic acids is 1. The van der Waals surface area contributed by atoms with Crippen LogP contribution in [0.4, 0.5) is 5.69 Å². The zero-order valence-corrected chi connectivity index (χ0v) is 14.5. The van der Waals surface area contributed by atoms with Crippen molar-refractivity contribution in [1.82, 2.24) is 4.98 Å². The maximum atomic E-state index is 12.7. The molecule has 6 heteroatoms. The van der Waals surface area contributed by atoms with Crippen molar-refractivity contribution in [1.29, 1.82) is 0 Å². The summed E-state index contributed by atoms with van der Waals surface area (Å²) in [6.07, 6.45) is 10.2. The van der Waals surface area contributed by atoms with Crippen LogP contribution >= 0.6 is 0 Å². The summed E-state index contributed by atoms with van der Waals surface area (Å²) in [4.78, 5) is 14.9. The molecule has 0 saturated carbocycles. The molecule has 1 amide bonds. The first kappa shape index (κ1) is 18.4. The topological polar surface area (TPSA) is 76.1 Å². The molecule has 0 unspecified atom stereocenters. The second-order valence-corrected chi connectivity index (χ2v) is 7.04. The normalized spacial score (nSPS) is 11.7. The number of aromatic nitrogens is 1. The van der Waals surface area contributed by atoms with Crippen LogP contribution in [-0.2, 0) is 14.6 Å². The molecule has 0 spiro atoms. The highest BCUT2D eigenvalue weighted by Crippen LogP contribution is 2.31. The molecule has 128 valence electrons. The van der Waals surface area contributed by atoms with Gasteiger partial charge in [0.05, 0.1) is 15.5 Å². The predicted molar refractivity (Wildman–Crippen MR) is 99.6 cm³/mol. The first-order valence-corrected chi connectivity index (χ1v) is 8.97. The zero-order valence-electron chi connectivity index (χ0n) is 13.7. The summed E-state index contributed by atoms with van der Waals surface area (Å²) in [5.41, 5.74) is 1.75. The fourth-order valence-electron chi connectivity index (χ4n) is 2.16. The number of hydrogen-bond acceptors (Lipinski definition) is 4. The van der Waals surface area contributed by atoms with Crippen molar-refractivity contribution in [3.8, 4) is 11.1 Å². The van der Waals surface area contributed by atoms with Crippen LogP contribution in [0.1, 0.15) is 6.92 Å². The third-order valence-corrected chi connectivity index (χ3v) is 5.17. The molecule has 0 aliphatic heterocycles. The van der Waals surface area contributed by atoms with Gasteiger partial charge in [-0.1, -0.05) is 36.9 Å². The average molecular weight is 354 g/mol. The maximum absolute atomic E-state index is 12.7. The highest BCUT2D eigenvalue weighted by atomic mass is 32.2. The zero-order chi connectivity index (χ0) is 18.3. The molecule has 0 bridgehead atoms. The molecule has 1 aromatic heterocycles. The van der Waals surface area contributed by atoms with Gasteiger partial charge < -0.3 is 5.32 Å². The van der Waals surface area contributed by atoms with Crippen molar-refractivity contribution in [2.45, 2.75) is 11.8 Å². The highest BCUT2D eigenvalue weighted by Gasteiger charge is 2.21. The molecule has 0 atom stereocenters. The number of benzene rings is 1. The van der Waals surface area contributed by atoms with Crippen LogP contribution in [0.15, 0.2) is 83.4 Å². The molecule has 1 aromatic carbocycles. The summed E-state index contributed by atoms with van der Waals surface area (Å²) in [5.74, 6) is 0. The largest absolute Gasteiger partial charge is 0.328 e. The standard InChI is InChI=1S/C19H18N2O3S/c1-3-4-5-7-15(2)25(23,24)19-10-9-16(12-18(19)21-14-22)17-8-6-11-20-13-17/h3-14H,2H2,1H3,(H,21,22). The van der Waals surface area contributed by atoms with Gasteiger partial charge in [-0.25, -0.2) is 8.42 Å². The number of amides is 1. The summed E-state index contributed by atoms with van der Waals surface area (Å²) in [5, 5.41) is 2.46. The Labute approximate surface area is 147 Å². The summed E-state index contributed by atoms with van der Waals surface area (Å²) < 4.78 is 25.5. The van der Waals surface area contributed by atoms with Crippen LogP contribution in [0.5, 0.6) is 0 Å². The van der Waals surface area contributed by atoms with Gasteiger partial charge in [-0.2, -0.15) is 0 Å². The van der Waals surface area contributed by atoms with Crippen LogP contribution in [0, 0.1) is 0 Å². The predicted octanol–water partition coefficient (Wildman–Crippen LogP) is 3.74. The molecule has 1 N–H and O–H groups in total. The minimum atomic E-state index is -3.82. The Morgan fingerprint density at radius 1 is 1.20 bits per heavy atom. The SMILES string of the molecule is C=C(C=CC=CC)S(=O)(=O)c1ccc(-c2cccnc2)cc1NC=O. The van der Waals surface area contributed by atoms with Gasteiger partial charge in [-0.3, -0.25) is 9.78 Å². The number of nitrogens with one attached hydrogen (secondary N) is 1. The minimum Gasteiger partial charge on any atom is -0.328 e. The monoisotopic (exact) mass is 354 g/mol. The number of sulfone groups is 1. The molecule has 5 nitrogen and oxygen atoms in total. The quantitative estimate of drug-likeness (QED) is 0.607. The van der Waals surface area contributed by atoms with Gasteiger partial charge in [0.1, 0.15) is 0 Å². The van der Waals surface area contributed by atoms with E-state index in [1.807, 2.05) is 13.0 Å². The number of carbonyl (C=O) groups is 1. The molecule has 2 rings (SSSR count). The lowest BCUT2D eigenvalue weighted by molar-refractivity contribution is -0.105. The van der Waals surface area contributed by atoms with E-state index >= 15 is 0 Å². The number of pyridine rings is 1. The Morgan fingerprint density at radius 3 is 2.64 bits per heavy atom. The van der Waals surface area contributed by atoms with Gasteiger partial charge in [0.15, 0.2) is 0 Å². The van der Waals surface area contributed by atoms with Crippen LogP contribution in [0.2, 0.25) is 0 Å². The Balaban J connectivity index is 2.50. The molecule has 0 fully saturated rings.